The molecule has 0 radical (unpaired) electrons. The molecule has 0 aliphatic carbocycles. The van der Waals surface area contributed by atoms with E-state index in [9.17, 15) is 14.9 Å². The molecule has 0 saturated heterocycles. The fourth-order valence-corrected chi connectivity index (χ4v) is 1.92. The molecule has 1 amide bonds. The smallest absolute Gasteiger partial charge is 0.277 e. The minimum atomic E-state index is -0.435. The Hall–Kier alpha value is -2.70. The standard InChI is InChI=1S/C13H14N4O3/c1-2-15-13(18)8-16-11-3-4-12(17(19)20)9-5-6-14-7-10(9)11/h3-7,16H,2,8H2,1H3,(H,15,18). The SMILES string of the molecule is CCNC(=O)CNc1ccc([N+](=O)[O-])c2ccncc12. The summed E-state index contributed by atoms with van der Waals surface area (Å²) in [7, 11) is 0. The van der Waals surface area contributed by atoms with E-state index in [1.54, 1.807) is 18.3 Å². The van der Waals surface area contributed by atoms with Gasteiger partial charge in [-0.05, 0) is 19.1 Å². The van der Waals surface area contributed by atoms with Gasteiger partial charge in [-0.2, -0.15) is 0 Å². The van der Waals surface area contributed by atoms with Gasteiger partial charge in [-0.3, -0.25) is 19.9 Å². The number of nitro benzene ring substituents is 1. The number of non-ortho nitro benzene ring substituents is 1. The predicted molar refractivity (Wildman–Crippen MR) is 75.6 cm³/mol. The zero-order valence-electron chi connectivity index (χ0n) is 10.9. The van der Waals surface area contributed by atoms with Gasteiger partial charge in [0, 0.05) is 36.1 Å². The Bertz CT molecular complexity index is 657. The van der Waals surface area contributed by atoms with Crippen LogP contribution in [0.3, 0.4) is 0 Å². The van der Waals surface area contributed by atoms with E-state index < -0.39 is 4.92 Å². The molecular formula is C13H14N4O3. The van der Waals surface area contributed by atoms with Gasteiger partial charge in [0.1, 0.15) is 0 Å². The van der Waals surface area contributed by atoms with Crippen molar-refractivity contribution in [2.24, 2.45) is 0 Å². The fourth-order valence-electron chi connectivity index (χ4n) is 1.92. The first-order chi connectivity index (χ1) is 9.63. The number of pyridine rings is 1. The number of amides is 1. The number of nitrogens with one attached hydrogen (secondary N) is 2. The second kappa shape index (κ2) is 5.96. The highest BCUT2D eigenvalue weighted by Gasteiger charge is 2.14. The largest absolute Gasteiger partial charge is 0.376 e. The molecule has 0 saturated carbocycles. The first kappa shape index (κ1) is 13.7. The third-order valence-electron chi connectivity index (χ3n) is 2.81. The number of fused-ring (bicyclic) bond motifs is 1. The van der Waals surface area contributed by atoms with Gasteiger partial charge in [0.05, 0.1) is 16.9 Å². The minimum Gasteiger partial charge on any atom is -0.376 e. The van der Waals surface area contributed by atoms with Gasteiger partial charge in [0.25, 0.3) is 5.69 Å². The van der Waals surface area contributed by atoms with Crippen molar-refractivity contribution in [1.29, 1.82) is 0 Å². The van der Waals surface area contributed by atoms with Crippen LogP contribution in [0.25, 0.3) is 10.8 Å². The number of hydrogen-bond acceptors (Lipinski definition) is 5. The molecule has 0 unspecified atom stereocenters. The summed E-state index contributed by atoms with van der Waals surface area (Å²) >= 11 is 0. The lowest BCUT2D eigenvalue weighted by Gasteiger charge is -2.09. The Morgan fingerprint density at radius 3 is 2.85 bits per heavy atom. The second-order valence-electron chi connectivity index (χ2n) is 4.12. The molecule has 0 fully saturated rings. The minimum absolute atomic E-state index is 0.0194. The van der Waals surface area contributed by atoms with Gasteiger partial charge in [0.2, 0.25) is 5.91 Å². The summed E-state index contributed by atoms with van der Waals surface area (Å²) in [4.78, 5) is 25.9. The summed E-state index contributed by atoms with van der Waals surface area (Å²) < 4.78 is 0. The summed E-state index contributed by atoms with van der Waals surface area (Å²) in [6, 6.07) is 4.59. The van der Waals surface area contributed by atoms with Crippen LogP contribution in [0.5, 0.6) is 0 Å². The first-order valence-corrected chi connectivity index (χ1v) is 6.15. The Morgan fingerprint density at radius 2 is 2.15 bits per heavy atom. The van der Waals surface area contributed by atoms with E-state index in [1.807, 2.05) is 6.92 Å². The van der Waals surface area contributed by atoms with Crippen molar-refractivity contribution < 1.29 is 9.72 Å². The van der Waals surface area contributed by atoms with E-state index in [4.69, 9.17) is 0 Å². The maximum atomic E-state index is 11.4. The summed E-state index contributed by atoms with van der Waals surface area (Å²) in [6.07, 6.45) is 3.05. The quantitative estimate of drug-likeness (QED) is 0.638. The lowest BCUT2D eigenvalue weighted by molar-refractivity contribution is -0.383. The Morgan fingerprint density at radius 1 is 1.35 bits per heavy atom. The van der Waals surface area contributed by atoms with Crippen molar-refractivity contribution in [3.8, 4) is 0 Å². The van der Waals surface area contributed by atoms with E-state index in [2.05, 4.69) is 15.6 Å². The zero-order chi connectivity index (χ0) is 14.5. The van der Waals surface area contributed by atoms with Gasteiger partial charge < -0.3 is 10.6 Å². The molecule has 104 valence electrons. The molecule has 0 atom stereocenters. The number of carbonyl (C=O) groups is 1. The van der Waals surface area contributed by atoms with E-state index >= 15 is 0 Å². The summed E-state index contributed by atoms with van der Waals surface area (Å²) in [5.74, 6) is -0.136. The average molecular weight is 274 g/mol. The summed E-state index contributed by atoms with van der Waals surface area (Å²) in [5, 5.41) is 17.7. The molecule has 1 heterocycles. The first-order valence-electron chi connectivity index (χ1n) is 6.15. The predicted octanol–water partition coefficient (Wildman–Crippen LogP) is 1.69. The van der Waals surface area contributed by atoms with Crippen LogP contribution in [-0.4, -0.2) is 28.9 Å². The number of benzene rings is 1. The van der Waals surface area contributed by atoms with E-state index in [0.29, 0.717) is 23.0 Å². The van der Waals surface area contributed by atoms with E-state index in [1.165, 1.54) is 12.3 Å². The third-order valence-corrected chi connectivity index (χ3v) is 2.81. The van der Waals surface area contributed by atoms with E-state index in [-0.39, 0.29) is 18.1 Å². The monoisotopic (exact) mass is 274 g/mol. The summed E-state index contributed by atoms with van der Waals surface area (Å²) in [5.41, 5.74) is 0.663. The Kier molecular flexibility index (Phi) is 4.09. The van der Waals surface area contributed by atoms with Crippen LogP contribution in [0.15, 0.2) is 30.6 Å². The van der Waals surface area contributed by atoms with Gasteiger partial charge in [-0.1, -0.05) is 0 Å². The van der Waals surface area contributed by atoms with Gasteiger partial charge in [-0.15, -0.1) is 0 Å². The van der Waals surface area contributed by atoms with Crippen LogP contribution in [-0.2, 0) is 4.79 Å². The van der Waals surface area contributed by atoms with Crippen molar-refractivity contribution in [2.75, 3.05) is 18.4 Å². The van der Waals surface area contributed by atoms with E-state index in [0.717, 1.165) is 0 Å². The van der Waals surface area contributed by atoms with Crippen LogP contribution < -0.4 is 10.6 Å². The molecule has 2 aromatic rings. The number of carbonyl (C=O) groups excluding carboxylic acids is 1. The van der Waals surface area contributed by atoms with Gasteiger partial charge >= 0.3 is 0 Å². The van der Waals surface area contributed by atoms with Crippen LogP contribution >= 0.6 is 0 Å². The molecular weight excluding hydrogens is 260 g/mol. The molecule has 2 N–H and O–H groups in total. The molecule has 0 bridgehead atoms. The molecule has 0 spiro atoms. The van der Waals surface area contributed by atoms with Crippen molar-refractivity contribution in [3.63, 3.8) is 0 Å². The molecule has 2 rings (SSSR count). The van der Waals surface area contributed by atoms with Crippen molar-refractivity contribution in [1.82, 2.24) is 10.3 Å². The second-order valence-corrected chi connectivity index (χ2v) is 4.12. The Labute approximate surface area is 115 Å². The highest BCUT2D eigenvalue weighted by molar-refractivity contribution is 5.99. The van der Waals surface area contributed by atoms with Gasteiger partial charge in [0.15, 0.2) is 0 Å². The number of rotatable bonds is 5. The van der Waals surface area contributed by atoms with Crippen LogP contribution in [0.1, 0.15) is 6.92 Å². The molecule has 20 heavy (non-hydrogen) atoms. The number of nitrogens with zero attached hydrogens (tertiary/aromatic N) is 2. The number of likely N-dealkylation sites (N-methyl/N-ethyl adjacent to an activating group) is 1. The highest BCUT2D eigenvalue weighted by atomic mass is 16.6. The number of anilines is 1. The zero-order valence-corrected chi connectivity index (χ0v) is 10.9. The van der Waals surface area contributed by atoms with Crippen molar-refractivity contribution in [2.45, 2.75) is 6.92 Å². The molecule has 1 aromatic carbocycles. The summed E-state index contributed by atoms with van der Waals surface area (Å²) in [6.45, 7) is 2.50. The van der Waals surface area contributed by atoms with Crippen LogP contribution in [0.4, 0.5) is 11.4 Å². The molecule has 7 nitrogen and oxygen atoms in total. The number of nitro groups is 1. The average Bonchev–Trinajstić information content (AvgIpc) is 2.44. The van der Waals surface area contributed by atoms with Crippen molar-refractivity contribution >= 4 is 28.1 Å². The lowest BCUT2D eigenvalue weighted by atomic mass is 10.1. The van der Waals surface area contributed by atoms with Crippen LogP contribution in [0.2, 0.25) is 0 Å². The Balaban J connectivity index is 2.33. The maximum absolute atomic E-state index is 11.4. The molecule has 1 aromatic heterocycles. The number of hydrogen-bond donors (Lipinski definition) is 2. The topological polar surface area (TPSA) is 97.2 Å². The van der Waals surface area contributed by atoms with Crippen molar-refractivity contribution in [3.05, 3.63) is 40.7 Å². The molecule has 7 heteroatoms. The fraction of sp³-hybridized carbons (Fsp3) is 0.231. The molecule has 0 aliphatic rings. The van der Waals surface area contributed by atoms with Crippen LogP contribution in [0, 0.1) is 10.1 Å². The normalized spacial score (nSPS) is 10.2. The number of aromatic nitrogens is 1. The van der Waals surface area contributed by atoms with Gasteiger partial charge in [-0.25, -0.2) is 0 Å². The molecule has 0 aliphatic heterocycles. The third kappa shape index (κ3) is 2.82. The maximum Gasteiger partial charge on any atom is 0.277 e. The highest BCUT2D eigenvalue weighted by Crippen LogP contribution is 2.30. The lowest BCUT2D eigenvalue weighted by Crippen LogP contribution is -2.29.